The summed E-state index contributed by atoms with van der Waals surface area (Å²) >= 11 is 0. The number of para-hydroxylation sites is 1. The van der Waals surface area contributed by atoms with Crippen molar-refractivity contribution in [1.82, 2.24) is 4.31 Å². The highest BCUT2D eigenvalue weighted by Gasteiger charge is 2.34. The van der Waals surface area contributed by atoms with Crippen molar-refractivity contribution < 1.29 is 8.42 Å². The molecule has 0 saturated carbocycles. The highest BCUT2D eigenvalue weighted by atomic mass is 32.2. The molecule has 1 aromatic rings. The number of hydrogen-bond donors (Lipinski definition) is 1. The molecule has 0 aliphatic carbocycles. The molecule has 106 valence electrons. The number of anilines is 1. The summed E-state index contributed by atoms with van der Waals surface area (Å²) in [6.07, 6.45) is 0.957. The summed E-state index contributed by atoms with van der Waals surface area (Å²) in [5.74, 6) is 0.997. The van der Waals surface area contributed by atoms with Crippen LogP contribution in [0.1, 0.15) is 20.3 Å². The normalized spacial score (nSPS) is 20.9. The molecule has 1 aliphatic heterocycles. The molecule has 1 aromatic carbocycles. The molecular formula is C14H22N2O2S. The van der Waals surface area contributed by atoms with E-state index in [1.165, 1.54) is 0 Å². The molecule has 0 aromatic heterocycles. The van der Waals surface area contributed by atoms with E-state index in [0.29, 0.717) is 35.5 Å². The Morgan fingerprint density at radius 2 is 2.00 bits per heavy atom. The van der Waals surface area contributed by atoms with Gasteiger partial charge in [-0.3, -0.25) is 0 Å². The zero-order valence-electron chi connectivity index (χ0n) is 11.8. The third-order valence-electron chi connectivity index (χ3n) is 3.90. The Hall–Kier alpha value is -1.07. The van der Waals surface area contributed by atoms with Crippen molar-refractivity contribution >= 4 is 15.7 Å². The highest BCUT2D eigenvalue weighted by Crippen LogP contribution is 2.31. The third kappa shape index (κ3) is 2.77. The van der Waals surface area contributed by atoms with Crippen molar-refractivity contribution in [3.8, 4) is 0 Å². The van der Waals surface area contributed by atoms with E-state index in [-0.39, 0.29) is 0 Å². The van der Waals surface area contributed by atoms with Gasteiger partial charge in [-0.15, -0.1) is 0 Å². The lowest BCUT2D eigenvalue weighted by Crippen LogP contribution is -2.30. The molecule has 1 N–H and O–H groups in total. The first-order chi connectivity index (χ1) is 8.96. The van der Waals surface area contributed by atoms with E-state index < -0.39 is 10.0 Å². The average Bonchev–Trinajstić information content (AvgIpc) is 2.89. The zero-order valence-corrected chi connectivity index (χ0v) is 12.6. The van der Waals surface area contributed by atoms with Gasteiger partial charge in [-0.2, -0.15) is 4.31 Å². The molecule has 1 saturated heterocycles. The summed E-state index contributed by atoms with van der Waals surface area (Å²) < 4.78 is 27.0. The molecule has 4 nitrogen and oxygen atoms in total. The summed E-state index contributed by atoms with van der Waals surface area (Å²) in [6.45, 7) is 5.58. The second-order valence-corrected chi connectivity index (χ2v) is 7.31. The van der Waals surface area contributed by atoms with E-state index in [4.69, 9.17) is 0 Å². The van der Waals surface area contributed by atoms with Crippen LogP contribution in [0, 0.1) is 11.8 Å². The fraction of sp³-hybridized carbons (Fsp3) is 0.571. The van der Waals surface area contributed by atoms with Gasteiger partial charge in [0.2, 0.25) is 10.0 Å². The minimum absolute atomic E-state index is 0.377. The Morgan fingerprint density at radius 1 is 1.32 bits per heavy atom. The highest BCUT2D eigenvalue weighted by molar-refractivity contribution is 7.89. The number of hydrogen-bond acceptors (Lipinski definition) is 3. The standard InChI is InChI=1S/C14H22N2O2S/c1-11(2)12-8-9-16(10-12)19(17,18)14-7-5-4-6-13(14)15-3/h4-7,11-12,15H,8-10H2,1-3H3. The number of benzene rings is 1. The molecule has 1 atom stereocenters. The van der Waals surface area contributed by atoms with Crippen LogP contribution in [0.25, 0.3) is 0 Å². The van der Waals surface area contributed by atoms with E-state index >= 15 is 0 Å². The first kappa shape index (κ1) is 14.3. The van der Waals surface area contributed by atoms with E-state index in [1.807, 2.05) is 6.07 Å². The topological polar surface area (TPSA) is 49.4 Å². The fourth-order valence-electron chi connectivity index (χ4n) is 2.55. The number of nitrogens with zero attached hydrogens (tertiary/aromatic N) is 1. The van der Waals surface area contributed by atoms with Crippen molar-refractivity contribution in [2.24, 2.45) is 11.8 Å². The maximum atomic E-state index is 12.7. The van der Waals surface area contributed by atoms with Crippen molar-refractivity contribution in [1.29, 1.82) is 0 Å². The lowest BCUT2D eigenvalue weighted by Gasteiger charge is -2.19. The van der Waals surface area contributed by atoms with Gasteiger partial charge in [0.05, 0.1) is 5.69 Å². The lowest BCUT2D eigenvalue weighted by atomic mass is 9.96. The van der Waals surface area contributed by atoms with E-state index in [2.05, 4.69) is 19.2 Å². The molecule has 0 radical (unpaired) electrons. The van der Waals surface area contributed by atoms with Gasteiger partial charge in [-0.25, -0.2) is 8.42 Å². The summed E-state index contributed by atoms with van der Waals surface area (Å²) in [6, 6.07) is 7.07. The van der Waals surface area contributed by atoms with Crippen LogP contribution in [-0.2, 0) is 10.0 Å². The summed E-state index contributed by atoms with van der Waals surface area (Å²) in [7, 11) is -1.63. The van der Waals surface area contributed by atoms with Crippen molar-refractivity contribution in [2.45, 2.75) is 25.2 Å². The van der Waals surface area contributed by atoms with Crippen molar-refractivity contribution in [3.63, 3.8) is 0 Å². The zero-order chi connectivity index (χ0) is 14.0. The molecule has 1 unspecified atom stereocenters. The summed E-state index contributed by atoms with van der Waals surface area (Å²) in [4.78, 5) is 0.377. The van der Waals surface area contributed by atoms with Gasteiger partial charge < -0.3 is 5.32 Å². The Bertz CT molecular complexity index is 540. The van der Waals surface area contributed by atoms with Crippen molar-refractivity contribution in [2.75, 3.05) is 25.5 Å². The Kier molecular flexibility index (Phi) is 4.16. The van der Waals surface area contributed by atoms with Crippen LogP contribution in [0.5, 0.6) is 0 Å². The van der Waals surface area contributed by atoms with Crippen LogP contribution in [0.15, 0.2) is 29.2 Å². The maximum absolute atomic E-state index is 12.7. The van der Waals surface area contributed by atoms with Gasteiger partial charge in [0.1, 0.15) is 4.90 Å². The predicted molar refractivity (Wildman–Crippen MR) is 77.7 cm³/mol. The minimum atomic E-state index is -3.38. The molecule has 1 heterocycles. The first-order valence-corrected chi connectivity index (χ1v) is 8.17. The van der Waals surface area contributed by atoms with Gasteiger partial charge in [0.15, 0.2) is 0 Å². The molecule has 0 amide bonds. The maximum Gasteiger partial charge on any atom is 0.245 e. The van der Waals surface area contributed by atoms with Crippen LogP contribution >= 0.6 is 0 Å². The molecule has 19 heavy (non-hydrogen) atoms. The number of nitrogens with one attached hydrogen (secondary N) is 1. The number of sulfonamides is 1. The second kappa shape index (κ2) is 5.51. The van der Waals surface area contributed by atoms with Crippen LogP contribution in [-0.4, -0.2) is 32.9 Å². The van der Waals surface area contributed by atoms with E-state index in [1.54, 1.807) is 29.6 Å². The van der Waals surface area contributed by atoms with Gasteiger partial charge >= 0.3 is 0 Å². The van der Waals surface area contributed by atoms with Gasteiger partial charge in [-0.1, -0.05) is 26.0 Å². The molecular weight excluding hydrogens is 260 g/mol. The predicted octanol–water partition coefficient (Wildman–Crippen LogP) is 2.39. The van der Waals surface area contributed by atoms with Gasteiger partial charge in [0, 0.05) is 20.1 Å². The average molecular weight is 282 g/mol. The Labute approximate surface area is 115 Å². The second-order valence-electron chi connectivity index (χ2n) is 5.40. The SMILES string of the molecule is CNc1ccccc1S(=O)(=O)N1CCC(C(C)C)C1. The molecule has 1 fully saturated rings. The van der Waals surface area contributed by atoms with Crippen LogP contribution in [0.2, 0.25) is 0 Å². The Morgan fingerprint density at radius 3 is 2.58 bits per heavy atom. The van der Waals surface area contributed by atoms with Crippen LogP contribution in [0.4, 0.5) is 5.69 Å². The minimum Gasteiger partial charge on any atom is -0.387 e. The van der Waals surface area contributed by atoms with Gasteiger partial charge in [-0.05, 0) is 30.4 Å². The Balaban J connectivity index is 2.29. The van der Waals surface area contributed by atoms with Gasteiger partial charge in [0.25, 0.3) is 0 Å². The summed E-state index contributed by atoms with van der Waals surface area (Å²) in [5.41, 5.74) is 0.662. The third-order valence-corrected chi connectivity index (χ3v) is 5.83. The monoisotopic (exact) mass is 282 g/mol. The lowest BCUT2D eigenvalue weighted by molar-refractivity contribution is 0.388. The van der Waals surface area contributed by atoms with Crippen LogP contribution < -0.4 is 5.32 Å². The quantitative estimate of drug-likeness (QED) is 0.922. The van der Waals surface area contributed by atoms with Crippen molar-refractivity contribution in [3.05, 3.63) is 24.3 Å². The summed E-state index contributed by atoms with van der Waals surface area (Å²) in [5, 5.41) is 2.95. The number of rotatable bonds is 4. The smallest absolute Gasteiger partial charge is 0.245 e. The largest absolute Gasteiger partial charge is 0.387 e. The first-order valence-electron chi connectivity index (χ1n) is 6.73. The van der Waals surface area contributed by atoms with E-state index in [0.717, 1.165) is 6.42 Å². The molecule has 1 aliphatic rings. The molecule has 2 rings (SSSR count). The fourth-order valence-corrected chi connectivity index (χ4v) is 4.26. The molecule has 0 spiro atoms. The molecule has 0 bridgehead atoms. The van der Waals surface area contributed by atoms with E-state index in [9.17, 15) is 8.42 Å². The van der Waals surface area contributed by atoms with Crippen LogP contribution in [0.3, 0.4) is 0 Å². The molecule has 5 heteroatoms.